The van der Waals surface area contributed by atoms with Gasteiger partial charge in [0.2, 0.25) is 0 Å². The molecule has 146 valence electrons. The van der Waals surface area contributed by atoms with Crippen molar-refractivity contribution in [1.29, 1.82) is 0 Å². The Bertz CT molecular complexity index is 952. The number of rotatable bonds is 4. The number of benzene rings is 3. The molecule has 2 heterocycles. The third kappa shape index (κ3) is 3.23. The van der Waals surface area contributed by atoms with Gasteiger partial charge in [0.05, 0.1) is 0 Å². The summed E-state index contributed by atoms with van der Waals surface area (Å²) < 4.78 is 0. The van der Waals surface area contributed by atoms with Gasteiger partial charge in [-0.05, 0) is 60.2 Å². The third-order valence-electron chi connectivity index (χ3n) is 6.34. The number of piperidine rings is 1. The van der Waals surface area contributed by atoms with Crippen LogP contribution in [-0.2, 0) is 0 Å². The molecule has 0 N–H and O–H groups in total. The van der Waals surface area contributed by atoms with E-state index in [4.69, 9.17) is 0 Å². The van der Waals surface area contributed by atoms with E-state index in [0.717, 1.165) is 6.54 Å². The minimum Gasteiger partial charge on any atom is -0.372 e. The van der Waals surface area contributed by atoms with Gasteiger partial charge in [-0.3, -0.25) is 0 Å². The van der Waals surface area contributed by atoms with E-state index in [1.807, 2.05) is 6.08 Å². The Morgan fingerprint density at radius 1 is 0.759 bits per heavy atom. The molecule has 5 rings (SSSR count). The van der Waals surface area contributed by atoms with Crippen LogP contribution in [0.3, 0.4) is 0 Å². The molecule has 0 unspecified atom stereocenters. The average molecular weight is 381 g/mol. The fourth-order valence-corrected chi connectivity index (χ4v) is 4.97. The molecule has 3 aromatic carbocycles. The number of fused-ring (bicyclic) bond motifs is 2. The van der Waals surface area contributed by atoms with Crippen molar-refractivity contribution in [2.24, 2.45) is 0 Å². The molecule has 0 spiro atoms. The summed E-state index contributed by atoms with van der Waals surface area (Å²) in [4.78, 5) is 4.91. The largest absolute Gasteiger partial charge is 0.372 e. The van der Waals surface area contributed by atoms with E-state index in [1.165, 1.54) is 66.1 Å². The zero-order valence-corrected chi connectivity index (χ0v) is 16.9. The normalized spacial score (nSPS) is 16.3. The van der Waals surface area contributed by atoms with Crippen LogP contribution in [0.15, 0.2) is 85.5 Å². The Morgan fingerprint density at radius 3 is 1.93 bits per heavy atom. The van der Waals surface area contributed by atoms with Gasteiger partial charge in [-0.1, -0.05) is 54.6 Å². The second-order valence-electron chi connectivity index (χ2n) is 8.09. The summed E-state index contributed by atoms with van der Waals surface area (Å²) >= 11 is 0. The van der Waals surface area contributed by atoms with Crippen LogP contribution >= 0.6 is 0 Å². The van der Waals surface area contributed by atoms with Gasteiger partial charge in [-0.15, -0.1) is 6.58 Å². The van der Waals surface area contributed by atoms with Crippen LogP contribution in [-0.4, -0.2) is 19.6 Å². The van der Waals surface area contributed by atoms with Crippen molar-refractivity contribution >= 4 is 17.1 Å². The molecule has 2 nitrogen and oxygen atoms in total. The zero-order chi connectivity index (χ0) is 19.6. The van der Waals surface area contributed by atoms with Crippen LogP contribution in [0.25, 0.3) is 0 Å². The summed E-state index contributed by atoms with van der Waals surface area (Å²) in [6.07, 6.45) is 5.97. The van der Waals surface area contributed by atoms with Crippen LogP contribution < -0.4 is 9.80 Å². The van der Waals surface area contributed by atoms with Gasteiger partial charge in [-0.25, -0.2) is 0 Å². The van der Waals surface area contributed by atoms with Gasteiger partial charge in [0.25, 0.3) is 0 Å². The van der Waals surface area contributed by atoms with E-state index >= 15 is 0 Å². The molecule has 0 atom stereocenters. The first kappa shape index (κ1) is 18.1. The van der Waals surface area contributed by atoms with Crippen LogP contribution in [0.2, 0.25) is 0 Å². The Hall–Kier alpha value is -3.00. The molecule has 3 aromatic rings. The van der Waals surface area contributed by atoms with Crippen LogP contribution in [0.4, 0.5) is 17.1 Å². The number of nitrogens with zero attached hydrogens (tertiary/aromatic N) is 2. The number of para-hydroxylation sites is 2. The summed E-state index contributed by atoms with van der Waals surface area (Å²) in [6.45, 7) is 7.17. The summed E-state index contributed by atoms with van der Waals surface area (Å²) in [5.74, 6) is 0.263. The SMILES string of the molecule is C=CCN1c2ccccc2C(c2ccc(N3CCCCC3)cc2)c2ccccc21. The first-order valence-electron chi connectivity index (χ1n) is 10.8. The van der Waals surface area contributed by atoms with Gasteiger partial charge < -0.3 is 9.80 Å². The van der Waals surface area contributed by atoms with Crippen molar-refractivity contribution in [2.75, 3.05) is 29.4 Å². The standard InChI is InChI=1S/C27H28N2/c1-2-18-29-25-12-6-4-10-23(25)27(24-11-5-7-13-26(24)29)21-14-16-22(17-15-21)28-19-8-3-9-20-28/h2,4-7,10-17,27H,1,3,8-9,18-20H2. The lowest BCUT2D eigenvalue weighted by Gasteiger charge is -2.37. The van der Waals surface area contributed by atoms with Crippen LogP contribution in [0.5, 0.6) is 0 Å². The highest BCUT2D eigenvalue weighted by Crippen LogP contribution is 2.48. The summed E-state index contributed by atoms with van der Waals surface area (Å²) in [5, 5.41) is 0. The maximum Gasteiger partial charge on any atom is 0.0456 e. The average Bonchev–Trinajstić information content (AvgIpc) is 2.80. The van der Waals surface area contributed by atoms with Gasteiger partial charge in [0.15, 0.2) is 0 Å². The molecular weight excluding hydrogens is 352 g/mol. The van der Waals surface area contributed by atoms with Crippen LogP contribution in [0, 0.1) is 0 Å². The minimum absolute atomic E-state index is 0.263. The molecule has 1 fully saturated rings. The lowest BCUT2D eigenvalue weighted by atomic mass is 9.80. The van der Waals surface area contributed by atoms with Crippen molar-refractivity contribution in [2.45, 2.75) is 25.2 Å². The van der Waals surface area contributed by atoms with E-state index in [-0.39, 0.29) is 5.92 Å². The van der Waals surface area contributed by atoms with Crippen molar-refractivity contribution in [3.63, 3.8) is 0 Å². The second kappa shape index (κ2) is 7.79. The quantitative estimate of drug-likeness (QED) is 0.477. The number of hydrogen-bond acceptors (Lipinski definition) is 2. The van der Waals surface area contributed by atoms with Crippen molar-refractivity contribution in [3.8, 4) is 0 Å². The Kier molecular flexibility index (Phi) is 4.85. The zero-order valence-electron chi connectivity index (χ0n) is 16.9. The number of hydrogen-bond donors (Lipinski definition) is 0. The molecule has 0 aromatic heterocycles. The molecule has 0 saturated carbocycles. The number of anilines is 3. The highest BCUT2D eigenvalue weighted by Gasteiger charge is 2.30. The predicted octanol–water partition coefficient (Wildman–Crippen LogP) is 6.49. The summed E-state index contributed by atoms with van der Waals surface area (Å²) in [7, 11) is 0. The maximum atomic E-state index is 3.99. The molecular formula is C27H28N2. The van der Waals surface area contributed by atoms with E-state index in [0.29, 0.717) is 0 Å². The summed E-state index contributed by atoms with van der Waals surface area (Å²) in [6, 6.07) is 27.0. The molecule has 29 heavy (non-hydrogen) atoms. The van der Waals surface area contributed by atoms with Crippen molar-refractivity contribution in [3.05, 3.63) is 102 Å². The predicted molar refractivity (Wildman–Crippen MR) is 124 cm³/mol. The highest BCUT2D eigenvalue weighted by atomic mass is 15.1. The van der Waals surface area contributed by atoms with E-state index in [1.54, 1.807) is 0 Å². The fraction of sp³-hybridized carbons (Fsp3) is 0.259. The molecule has 2 aliphatic heterocycles. The Balaban J connectivity index is 1.58. The molecule has 0 aliphatic carbocycles. The molecule has 2 aliphatic rings. The lowest BCUT2D eigenvalue weighted by Crippen LogP contribution is -2.29. The summed E-state index contributed by atoms with van der Waals surface area (Å²) in [5.41, 5.74) is 8.05. The van der Waals surface area contributed by atoms with Gasteiger partial charge in [0.1, 0.15) is 0 Å². The monoisotopic (exact) mass is 380 g/mol. The fourth-order valence-electron chi connectivity index (χ4n) is 4.97. The van der Waals surface area contributed by atoms with Crippen molar-refractivity contribution < 1.29 is 0 Å². The van der Waals surface area contributed by atoms with E-state index in [9.17, 15) is 0 Å². The molecule has 0 amide bonds. The molecule has 0 bridgehead atoms. The molecule has 1 saturated heterocycles. The maximum absolute atomic E-state index is 3.99. The lowest BCUT2D eigenvalue weighted by molar-refractivity contribution is 0.578. The second-order valence-corrected chi connectivity index (χ2v) is 8.09. The topological polar surface area (TPSA) is 6.48 Å². The Labute approximate surface area is 174 Å². The third-order valence-corrected chi connectivity index (χ3v) is 6.34. The van der Waals surface area contributed by atoms with Gasteiger partial charge in [-0.2, -0.15) is 0 Å². The van der Waals surface area contributed by atoms with E-state index < -0.39 is 0 Å². The smallest absolute Gasteiger partial charge is 0.0456 e. The van der Waals surface area contributed by atoms with Crippen molar-refractivity contribution in [1.82, 2.24) is 0 Å². The molecule has 0 radical (unpaired) electrons. The Morgan fingerprint density at radius 2 is 1.34 bits per heavy atom. The highest BCUT2D eigenvalue weighted by molar-refractivity contribution is 5.78. The van der Waals surface area contributed by atoms with Crippen LogP contribution in [0.1, 0.15) is 41.9 Å². The van der Waals surface area contributed by atoms with Gasteiger partial charge in [0, 0.05) is 42.6 Å². The molecule has 2 heteroatoms. The first-order chi connectivity index (χ1) is 14.4. The van der Waals surface area contributed by atoms with Gasteiger partial charge >= 0.3 is 0 Å². The minimum atomic E-state index is 0.263. The van der Waals surface area contributed by atoms with E-state index in [2.05, 4.69) is 89.2 Å². The first-order valence-corrected chi connectivity index (χ1v) is 10.8.